The molecule has 7 heteroatoms. The maximum absolute atomic E-state index is 11.4. The summed E-state index contributed by atoms with van der Waals surface area (Å²) in [5.41, 5.74) is -2.79. The molecule has 0 unspecified atom stereocenters. The summed E-state index contributed by atoms with van der Waals surface area (Å²) in [5.74, 6) is -1.45. The van der Waals surface area contributed by atoms with Crippen molar-refractivity contribution in [1.82, 2.24) is 5.32 Å². The monoisotopic (exact) mass is 244 g/mol. The van der Waals surface area contributed by atoms with Gasteiger partial charge in [0.25, 0.3) is 0 Å². The van der Waals surface area contributed by atoms with Gasteiger partial charge in [0, 0.05) is 6.42 Å². The zero-order valence-electron chi connectivity index (χ0n) is 10.2. The first-order valence-corrected chi connectivity index (χ1v) is 5.00. The van der Waals surface area contributed by atoms with Crippen molar-refractivity contribution in [3.05, 3.63) is 0 Å². The molecule has 17 heavy (non-hydrogen) atoms. The van der Waals surface area contributed by atoms with Gasteiger partial charge in [0.15, 0.2) is 0 Å². The SMILES string of the molecule is CC[C@@](N=C=O)(NC(=O)OC(C)(C)C)C(=O)O. The zero-order valence-corrected chi connectivity index (χ0v) is 10.2. The van der Waals surface area contributed by atoms with E-state index in [0.717, 1.165) is 6.08 Å². The van der Waals surface area contributed by atoms with Gasteiger partial charge in [-0.05, 0) is 20.8 Å². The Balaban J connectivity index is 4.95. The molecule has 0 saturated carbocycles. The number of carboxylic acid groups (broad SMARTS) is 1. The van der Waals surface area contributed by atoms with E-state index in [1.807, 2.05) is 5.32 Å². The highest BCUT2D eigenvalue weighted by Crippen LogP contribution is 2.14. The van der Waals surface area contributed by atoms with Crippen LogP contribution in [0.2, 0.25) is 0 Å². The standard InChI is InChI=1S/C10H16N2O5/c1-5-10(7(14)15,11-6-13)12-8(16)17-9(2,3)4/h5H2,1-4H3,(H,12,16)(H,14,15)/t10-/m1/s1. The number of hydrogen-bond donors (Lipinski definition) is 2. The van der Waals surface area contributed by atoms with Crippen molar-refractivity contribution in [1.29, 1.82) is 0 Å². The van der Waals surface area contributed by atoms with Crippen molar-refractivity contribution in [2.45, 2.75) is 45.4 Å². The molecule has 0 aromatic heterocycles. The molecule has 1 amide bonds. The number of alkyl carbamates (subject to hydrolysis) is 1. The van der Waals surface area contributed by atoms with E-state index in [-0.39, 0.29) is 6.42 Å². The Kier molecular flexibility index (Phi) is 4.85. The van der Waals surface area contributed by atoms with E-state index in [1.54, 1.807) is 20.8 Å². The van der Waals surface area contributed by atoms with Gasteiger partial charge in [0.1, 0.15) is 5.60 Å². The van der Waals surface area contributed by atoms with Gasteiger partial charge in [0.05, 0.1) is 0 Å². The van der Waals surface area contributed by atoms with Crippen LogP contribution in [0, 0.1) is 0 Å². The number of amides is 1. The maximum Gasteiger partial charge on any atom is 0.410 e. The summed E-state index contributed by atoms with van der Waals surface area (Å²) in [5, 5.41) is 11.0. The molecule has 0 aromatic carbocycles. The molecule has 0 rings (SSSR count). The summed E-state index contributed by atoms with van der Waals surface area (Å²) in [7, 11) is 0. The van der Waals surface area contributed by atoms with E-state index in [4.69, 9.17) is 9.84 Å². The number of rotatable bonds is 4. The van der Waals surface area contributed by atoms with E-state index in [0.29, 0.717) is 0 Å². The molecule has 0 bridgehead atoms. The topological polar surface area (TPSA) is 105 Å². The van der Waals surface area contributed by atoms with Crippen LogP contribution in [0.25, 0.3) is 0 Å². The number of carbonyl (C=O) groups excluding carboxylic acids is 2. The third-order valence-electron chi connectivity index (χ3n) is 1.81. The van der Waals surface area contributed by atoms with E-state index in [2.05, 4.69) is 4.99 Å². The Morgan fingerprint density at radius 1 is 1.41 bits per heavy atom. The number of carbonyl (C=O) groups is 2. The summed E-state index contributed by atoms with van der Waals surface area (Å²) in [4.78, 5) is 35.8. The Morgan fingerprint density at radius 3 is 2.24 bits per heavy atom. The van der Waals surface area contributed by atoms with Gasteiger partial charge in [-0.25, -0.2) is 14.4 Å². The van der Waals surface area contributed by atoms with Crippen LogP contribution >= 0.6 is 0 Å². The van der Waals surface area contributed by atoms with Crippen molar-refractivity contribution in [3.8, 4) is 0 Å². The molecule has 0 aromatic rings. The molecule has 2 N–H and O–H groups in total. The Morgan fingerprint density at radius 2 is 1.94 bits per heavy atom. The smallest absolute Gasteiger partial charge is 0.410 e. The second kappa shape index (κ2) is 5.45. The molecular formula is C10H16N2O5. The summed E-state index contributed by atoms with van der Waals surface area (Å²) < 4.78 is 4.89. The van der Waals surface area contributed by atoms with E-state index >= 15 is 0 Å². The van der Waals surface area contributed by atoms with Gasteiger partial charge in [-0.15, -0.1) is 0 Å². The number of isocyanates is 1. The molecular weight excluding hydrogens is 228 g/mol. The number of nitrogens with zero attached hydrogens (tertiary/aromatic N) is 1. The Bertz CT molecular complexity index is 350. The molecule has 0 radical (unpaired) electrons. The zero-order chi connectivity index (χ0) is 13.7. The van der Waals surface area contributed by atoms with Crippen LogP contribution in [0.3, 0.4) is 0 Å². The summed E-state index contributed by atoms with van der Waals surface area (Å²) in [6, 6.07) is 0. The van der Waals surface area contributed by atoms with Gasteiger partial charge in [-0.2, -0.15) is 4.99 Å². The van der Waals surface area contributed by atoms with Crippen LogP contribution in [0.15, 0.2) is 4.99 Å². The highest BCUT2D eigenvalue weighted by atomic mass is 16.6. The quantitative estimate of drug-likeness (QED) is 0.567. The van der Waals surface area contributed by atoms with Crippen molar-refractivity contribution in [3.63, 3.8) is 0 Å². The first-order valence-electron chi connectivity index (χ1n) is 5.00. The largest absolute Gasteiger partial charge is 0.478 e. The van der Waals surface area contributed by atoms with Crippen LogP contribution < -0.4 is 5.32 Å². The fourth-order valence-corrected chi connectivity index (χ4v) is 0.998. The predicted octanol–water partition coefficient (Wildman–Crippen LogP) is 1.04. The molecule has 0 heterocycles. The van der Waals surface area contributed by atoms with Gasteiger partial charge in [-0.1, -0.05) is 6.92 Å². The number of hydrogen-bond acceptors (Lipinski definition) is 5. The van der Waals surface area contributed by atoms with Crippen LogP contribution in [-0.2, 0) is 14.3 Å². The third kappa shape index (κ3) is 4.65. The highest BCUT2D eigenvalue weighted by Gasteiger charge is 2.39. The molecule has 0 saturated heterocycles. The fraction of sp³-hybridized carbons (Fsp3) is 0.700. The predicted molar refractivity (Wildman–Crippen MR) is 58.1 cm³/mol. The molecule has 0 spiro atoms. The third-order valence-corrected chi connectivity index (χ3v) is 1.81. The molecule has 96 valence electrons. The lowest BCUT2D eigenvalue weighted by molar-refractivity contribution is -0.144. The Hall–Kier alpha value is -1.88. The Labute approximate surface area is 98.9 Å². The summed E-state index contributed by atoms with van der Waals surface area (Å²) >= 11 is 0. The molecule has 0 aliphatic carbocycles. The average molecular weight is 244 g/mol. The molecule has 0 fully saturated rings. The lowest BCUT2D eigenvalue weighted by atomic mass is 10.1. The molecule has 0 aliphatic rings. The van der Waals surface area contributed by atoms with Crippen LogP contribution in [0.5, 0.6) is 0 Å². The maximum atomic E-state index is 11.4. The van der Waals surface area contributed by atoms with Gasteiger partial charge in [-0.3, -0.25) is 5.32 Å². The number of nitrogens with one attached hydrogen (secondary N) is 1. The second-order valence-corrected chi connectivity index (χ2v) is 4.35. The van der Waals surface area contributed by atoms with Crippen LogP contribution in [0.1, 0.15) is 34.1 Å². The van der Waals surface area contributed by atoms with Gasteiger partial charge < -0.3 is 9.84 Å². The van der Waals surface area contributed by atoms with Crippen molar-refractivity contribution in [2.75, 3.05) is 0 Å². The molecule has 0 aliphatic heterocycles. The fourth-order valence-electron chi connectivity index (χ4n) is 0.998. The lowest BCUT2D eigenvalue weighted by Crippen LogP contribution is -2.53. The number of aliphatic imine (C=N–C) groups is 1. The van der Waals surface area contributed by atoms with Crippen molar-refractivity contribution in [2.24, 2.45) is 4.99 Å². The normalized spacial score (nSPS) is 14.1. The van der Waals surface area contributed by atoms with E-state index < -0.39 is 23.3 Å². The highest BCUT2D eigenvalue weighted by molar-refractivity contribution is 5.84. The lowest BCUT2D eigenvalue weighted by Gasteiger charge is -2.26. The minimum absolute atomic E-state index is 0.100. The van der Waals surface area contributed by atoms with Gasteiger partial charge in [0.2, 0.25) is 11.7 Å². The van der Waals surface area contributed by atoms with Gasteiger partial charge >= 0.3 is 12.1 Å². The van der Waals surface area contributed by atoms with Crippen LogP contribution in [0.4, 0.5) is 4.79 Å². The van der Waals surface area contributed by atoms with E-state index in [9.17, 15) is 14.4 Å². The first kappa shape index (κ1) is 15.1. The first-order chi connectivity index (χ1) is 7.67. The minimum atomic E-state index is -2.02. The summed E-state index contributed by atoms with van der Waals surface area (Å²) in [6.45, 7) is 6.35. The number of carboxylic acids is 1. The minimum Gasteiger partial charge on any atom is -0.478 e. The van der Waals surface area contributed by atoms with Crippen molar-refractivity contribution < 1.29 is 24.2 Å². The number of aliphatic carboxylic acids is 1. The number of ether oxygens (including phenoxy) is 1. The van der Waals surface area contributed by atoms with Crippen LogP contribution in [-0.4, -0.2) is 34.5 Å². The average Bonchev–Trinajstić information content (AvgIpc) is 2.13. The molecule has 7 nitrogen and oxygen atoms in total. The second-order valence-electron chi connectivity index (χ2n) is 4.35. The summed E-state index contributed by atoms with van der Waals surface area (Å²) in [6.07, 6.45) is 0.0750. The van der Waals surface area contributed by atoms with Crippen molar-refractivity contribution >= 4 is 18.1 Å². The molecule has 1 atom stereocenters. The van der Waals surface area contributed by atoms with E-state index in [1.165, 1.54) is 6.92 Å².